The molecule has 3 heterocycles. The summed E-state index contributed by atoms with van der Waals surface area (Å²) in [5.41, 5.74) is 3.50. The molecule has 1 aliphatic heterocycles. The molecule has 2 aliphatic carbocycles. The molecule has 3 fully saturated rings. The third kappa shape index (κ3) is 4.13. The number of anilines is 1. The molecule has 1 aromatic carbocycles. The van der Waals surface area contributed by atoms with E-state index in [0.717, 1.165) is 29.7 Å². The third-order valence-corrected chi connectivity index (χ3v) is 8.64. The van der Waals surface area contributed by atoms with Gasteiger partial charge in [-0.05, 0) is 85.4 Å². The number of carbonyl (C=O) groups excluding carboxylic acids is 2. The summed E-state index contributed by atoms with van der Waals surface area (Å²) in [6.07, 6.45) is 5.85. The van der Waals surface area contributed by atoms with Gasteiger partial charge in [0.2, 0.25) is 5.91 Å². The minimum Gasteiger partial charge on any atom is -0.348 e. The molecule has 3 aliphatic rings. The largest absolute Gasteiger partial charge is 0.348 e. The predicted molar refractivity (Wildman–Crippen MR) is 141 cm³/mol. The van der Waals surface area contributed by atoms with Gasteiger partial charge in [-0.2, -0.15) is 5.26 Å². The van der Waals surface area contributed by atoms with Crippen LogP contribution in [0.5, 0.6) is 0 Å². The van der Waals surface area contributed by atoms with Crippen molar-refractivity contribution in [1.29, 1.82) is 5.26 Å². The topological polar surface area (TPSA) is 117 Å². The number of hydrogen-bond acceptors (Lipinski definition) is 6. The Hall–Kier alpha value is -3.77. The Bertz CT molecular complexity index is 1500. The number of pyridine rings is 1. The van der Waals surface area contributed by atoms with E-state index >= 15 is 0 Å². The zero-order valence-electron chi connectivity index (χ0n) is 21.5. The highest BCUT2D eigenvalue weighted by Crippen LogP contribution is 2.47. The van der Waals surface area contributed by atoms with Crippen LogP contribution in [-0.2, 0) is 10.2 Å². The van der Waals surface area contributed by atoms with E-state index in [-0.39, 0.29) is 40.9 Å². The van der Waals surface area contributed by atoms with E-state index in [1.54, 1.807) is 34.1 Å². The molecule has 2 saturated carbocycles. The van der Waals surface area contributed by atoms with Gasteiger partial charge in [0, 0.05) is 29.7 Å². The number of nitrogens with one attached hydrogen (secondary N) is 1. The number of amides is 2. The number of halogens is 1. The molecule has 194 valence electrons. The van der Waals surface area contributed by atoms with Crippen LogP contribution in [0.4, 0.5) is 5.82 Å². The Morgan fingerprint density at radius 1 is 1.32 bits per heavy atom. The second kappa shape index (κ2) is 8.91. The summed E-state index contributed by atoms with van der Waals surface area (Å²) in [7, 11) is 0. The lowest BCUT2D eigenvalue weighted by atomic mass is 9.62. The van der Waals surface area contributed by atoms with Gasteiger partial charge in [0.05, 0.1) is 23.9 Å². The maximum atomic E-state index is 12.9. The van der Waals surface area contributed by atoms with Crippen molar-refractivity contribution in [2.45, 2.75) is 57.5 Å². The first-order valence-corrected chi connectivity index (χ1v) is 13.3. The number of nitriles is 1. The van der Waals surface area contributed by atoms with Crippen molar-refractivity contribution >= 4 is 29.2 Å². The average molecular weight is 530 g/mol. The Labute approximate surface area is 225 Å². The van der Waals surface area contributed by atoms with Gasteiger partial charge in [0.1, 0.15) is 5.82 Å². The standard InChI is InChI=1S/C28H28ClN7O2/c1-15-6-25(35-13-18-7-21(18)27(35)38)31-12-22(15)16(2)36-14-24(33-34-36)26(37)32-20-9-28(3,10-20)23-8-19(29)5-4-17(23)11-30/h4-6,8,12,14,16,18,20-21H,7,9-10,13H2,1-3H3,(H,32,37)/t16-,18+,20?,21+,28?/m0/s1. The van der Waals surface area contributed by atoms with E-state index in [1.807, 2.05) is 26.0 Å². The van der Waals surface area contributed by atoms with Crippen molar-refractivity contribution in [2.75, 3.05) is 11.4 Å². The van der Waals surface area contributed by atoms with Crippen LogP contribution in [0.25, 0.3) is 0 Å². The smallest absolute Gasteiger partial charge is 0.273 e. The monoisotopic (exact) mass is 529 g/mol. The third-order valence-electron chi connectivity index (χ3n) is 8.41. The molecular formula is C28H28ClN7O2. The second-order valence-corrected chi connectivity index (χ2v) is 11.6. The summed E-state index contributed by atoms with van der Waals surface area (Å²) in [4.78, 5) is 31.7. The Morgan fingerprint density at radius 3 is 2.79 bits per heavy atom. The molecule has 3 aromatic rings. The molecule has 1 N–H and O–H groups in total. The van der Waals surface area contributed by atoms with E-state index in [1.165, 1.54) is 0 Å². The van der Waals surface area contributed by atoms with Crippen LogP contribution in [0.1, 0.15) is 71.9 Å². The normalized spacial score (nSPS) is 26.3. The number of piperidine rings is 1. The number of nitrogens with zero attached hydrogens (tertiary/aromatic N) is 6. The van der Waals surface area contributed by atoms with E-state index in [0.29, 0.717) is 35.2 Å². The van der Waals surface area contributed by atoms with Crippen LogP contribution >= 0.6 is 11.6 Å². The molecule has 38 heavy (non-hydrogen) atoms. The minimum absolute atomic E-state index is 0.0288. The first-order chi connectivity index (χ1) is 18.2. The molecule has 0 spiro atoms. The number of fused-ring (bicyclic) bond motifs is 1. The molecule has 6 rings (SSSR count). The summed E-state index contributed by atoms with van der Waals surface area (Å²) in [6.45, 7) is 6.81. The zero-order chi connectivity index (χ0) is 26.8. The number of benzene rings is 1. The minimum atomic E-state index is -0.279. The molecule has 0 unspecified atom stereocenters. The molecule has 1 saturated heterocycles. The quantitative estimate of drug-likeness (QED) is 0.516. The fourth-order valence-corrected chi connectivity index (χ4v) is 6.23. The molecule has 2 aromatic heterocycles. The van der Waals surface area contributed by atoms with Crippen molar-refractivity contribution in [1.82, 2.24) is 25.3 Å². The predicted octanol–water partition coefficient (Wildman–Crippen LogP) is 3.95. The van der Waals surface area contributed by atoms with Gasteiger partial charge in [-0.1, -0.05) is 23.7 Å². The highest BCUT2D eigenvalue weighted by molar-refractivity contribution is 6.30. The van der Waals surface area contributed by atoms with Crippen LogP contribution in [0.2, 0.25) is 5.02 Å². The molecule has 10 heteroatoms. The van der Waals surface area contributed by atoms with Crippen LogP contribution in [0, 0.1) is 30.1 Å². The Kier molecular flexibility index (Phi) is 5.76. The summed E-state index contributed by atoms with van der Waals surface area (Å²) in [5, 5.41) is 21.4. The van der Waals surface area contributed by atoms with Gasteiger partial charge < -0.3 is 5.32 Å². The molecule has 0 radical (unpaired) electrons. The van der Waals surface area contributed by atoms with Crippen molar-refractivity contribution in [3.05, 3.63) is 69.6 Å². The lowest BCUT2D eigenvalue weighted by Gasteiger charge is -2.46. The van der Waals surface area contributed by atoms with Gasteiger partial charge in [0.15, 0.2) is 5.69 Å². The van der Waals surface area contributed by atoms with E-state index < -0.39 is 0 Å². The van der Waals surface area contributed by atoms with Crippen molar-refractivity contribution in [3.8, 4) is 6.07 Å². The summed E-state index contributed by atoms with van der Waals surface area (Å²) in [5.74, 6) is 1.28. The van der Waals surface area contributed by atoms with Crippen LogP contribution in [-0.4, -0.2) is 44.4 Å². The lowest BCUT2D eigenvalue weighted by molar-refractivity contribution is -0.118. The Balaban J connectivity index is 1.10. The lowest BCUT2D eigenvalue weighted by Crippen LogP contribution is -2.52. The number of aromatic nitrogens is 4. The highest BCUT2D eigenvalue weighted by Gasteiger charge is 2.52. The molecule has 2 amide bonds. The zero-order valence-corrected chi connectivity index (χ0v) is 22.2. The maximum absolute atomic E-state index is 12.9. The fourth-order valence-electron chi connectivity index (χ4n) is 6.05. The number of aryl methyl sites for hydroxylation is 1. The van der Waals surface area contributed by atoms with Crippen LogP contribution < -0.4 is 10.2 Å². The average Bonchev–Trinajstić information content (AvgIpc) is 3.33. The van der Waals surface area contributed by atoms with E-state index in [4.69, 9.17) is 11.6 Å². The SMILES string of the molecule is Cc1cc(N2C[C@H]3C[C@H]3C2=O)ncc1[C@H](C)n1cc(C(=O)NC2CC(C)(c3cc(Cl)ccc3C#N)C2)nn1. The first kappa shape index (κ1) is 24.6. The molecular weight excluding hydrogens is 502 g/mol. The van der Waals surface area contributed by atoms with E-state index in [2.05, 4.69) is 33.6 Å². The maximum Gasteiger partial charge on any atom is 0.273 e. The summed E-state index contributed by atoms with van der Waals surface area (Å²) < 4.78 is 1.66. The summed E-state index contributed by atoms with van der Waals surface area (Å²) >= 11 is 6.18. The fraction of sp³-hybridized carbons (Fsp3) is 0.429. The first-order valence-electron chi connectivity index (χ1n) is 12.9. The van der Waals surface area contributed by atoms with Crippen LogP contribution in [0.15, 0.2) is 36.7 Å². The van der Waals surface area contributed by atoms with E-state index in [9.17, 15) is 14.9 Å². The molecule has 0 bridgehead atoms. The van der Waals surface area contributed by atoms with Gasteiger partial charge in [0.25, 0.3) is 5.91 Å². The number of carbonyl (C=O) groups is 2. The van der Waals surface area contributed by atoms with Crippen molar-refractivity contribution < 1.29 is 9.59 Å². The van der Waals surface area contributed by atoms with Crippen molar-refractivity contribution in [2.24, 2.45) is 11.8 Å². The molecule has 3 atom stereocenters. The van der Waals surface area contributed by atoms with Gasteiger partial charge in [-0.3, -0.25) is 14.5 Å². The summed E-state index contributed by atoms with van der Waals surface area (Å²) in [6, 6.07) is 9.29. The highest BCUT2D eigenvalue weighted by atomic mass is 35.5. The van der Waals surface area contributed by atoms with Gasteiger partial charge in [-0.25, -0.2) is 9.67 Å². The van der Waals surface area contributed by atoms with Crippen LogP contribution in [0.3, 0.4) is 0 Å². The van der Waals surface area contributed by atoms with Gasteiger partial charge >= 0.3 is 0 Å². The Morgan fingerprint density at radius 2 is 2.11 bits per heavy atom. The second-order valence-electron chi connectivity index (χ2n) is 11.2. The van der Waals surface area contributed by atoms with Crippen molar-refractivity contribution in [3.63, 3.8) is 0 Å². The van der Waals surface area contributed by atoms with Gasteiger partial charge in [-0.15, -0.1) is 5.10 Å². The molecule has 9 nitrogen and oxygen atoms in total. The number of hydrogen-bond donors (Lipinski definition) is 1. The number of rotatable bonds is 6.